The van der Waals surface area contributed by atoms with Crippen molar-refractivity contribution in [1.82, 2.24) is 0 Å². The molecule has 4 nitrogen and oxygen atoms in total. The minimum absolute atomic E-state index is 0.278. The van der Waals surface area contributed by atoms with Crippen molar-refractivity contribution in [1.29, 1.82) is 0 Å². The minimum Gasteiger partial charge on any atom is -0.384 e. The van der Waals surface area contributed by atoms with Crippen LogP contribution < -0.4 is 10.0 Å². The van der Waals surface area contributed by atoms with Crippen LogP contribution in [0.3, 0.4) is 0 Å². The van der Waals surface area contributed by atoms with Gasteiger partial charge in [0.05, 0.1) is 10.6 Å². The lowest BCUT2D eigenvalue weighted by molar-refractivity contribution is 0.601. The molecule has 0 amide bonds. The molecule has 7 heteroatoms. The Bertz CT molecular complexity index is 807. The average Bonchev–Trinajstić information content (AvgIpc) is 2.89. The minimum atomic E-state index is -3.59. The van der Waals surface area contributed by atoms with E-state index in [1.165, 1.54) is 0 Å². The van der Waals surface area contributed by atoms with Gasteiger partial charge >= 0.3 is 0 Å². The number of benzene rings is 2. The van der Waals surface area contributed by atoms with E-state index in [1.54, 1.807) is 30.3 Å². The van der Waals surface area contributed by atoms with E-state index in [0.717, 1.165) is 28.7 Å². The molecule has 0 fully saturated rings. The second-order valence-corrected chi connectivity index (χ2v) is 8.18. The summed E-state index contributed by atoms with van der Waals surface area (Å²) in [5.41, 5.74) is 2.56. The summed E-state index contributed by atoms with van der Waals surface area (Å²) in [5.74, 6) is 0. The third kappa shape index (κ3) is 3.09. The quantitative estimate of drug-likeness (QED) is 0.772. The zero-order valence-electron chi connectivity index (χ0n) is 10.9. The van der Waals surface area contributed by atoms with E-state index in [-0.39, 0.29) is 4.90 Å². The molecule has 2 aromatic rings. The molecule has 0 atom stereocenters. The summed E-state index contributed by atoms with van der Waals surface area (Å²) in [6, 6.07) is 10.4. The summed E-state index contributed by atoms with van der Waals surface area (Å²) >= 11 is 6.70. The van der Waals surface area contributed by atoms with Crippen LogP contribution in [-0.4, -0.2) is 15.0 Å². The fraction of sp³-hybridized carbons (Fsp3) is 0.143. The number of hydrogen-bond acceptors (Lipinski definition) is 3. The number of anilines is 2. The maximum absolute atomic E-state index is 12.5. The first-order valence-corrected chi connectivity index (χ1v) is 9.37. The van der Waals surface area contributed by atoms with Crippen LogP contribution in [0.4, 0.5) is 11.4 Å². The fourth-order valence-electron chi connectivity index (χ4n) is 2.22. The van der Waals surface area contributed by atoms with Gasteiger partial charge in [0.25, 0.3) is 10.0 Å². The summed E-state index contributed by atoms with van der Waals surface area (Å²) in [4.78, 5) is 0.278. The molecule has 3 rings (SSSR count). The molecule has 0 radical (unpaired) electrons. The first kappa shape index (κ1) is 14.9. The third-order valence-corrected chi connectivity index (χ3v) is 5.78. The molecule has 0 spiro atoms. The van der Waals surface area contributed by atoms with Gasteiger partial charge in [-0.2, -0.15) is 0 Å². The Hall–Kier alpha value is -1.05. The molecule has 0 aromatic heterocycles. The summed E-state index contributed by atoms with van der Waals surface area (Å²) in [6.07, 6.45) is 0.848. The normalized spacial score (nSPS) is 13.6. The standard InChI is InChI=1S/C14H12Br2N2O2S/c15-10-1-3-14(12(16)8-10)18-21(19,20)11-2-4-13-9(7-11)5-6-17-13/h1-4,7-8,17-18H,5-6H2. The van der Waals surface area contributed by atoms with Gasteiger partial charge in [-0.1, -0.05) is 15.9 Å². The molecule has 0 bridgehead atoms. The van der Waals surface area contributed by atoms with Crippen molar-refractivity contribution in [2.45, 2.75) is 11.3 Å². The van der Waals surface area contributed by atoms with Crippen LogP contribution in [-0.2, 0) is 16.4 Å². The summed E-state index contributed by atoms with van der Waals surface area (Å²) < 4.78 is 29.1. The Balaban J connectivity index is 1.93. The van der Waals surface area contributed by atoms with Crippen LogP contribution >= 0.6 is 31.9 Å². The van der Waals surface area contributed by atoms with Crippen molar-refractivity contribution in [2.75, 3.05) is 16.6 Å². The average molecular weight is 432 g/mol. The molecule has 1 aliphatic heterocycles. The predicted molar refractivity (Wildman–Crippen MR) is 91.3 cm³/mol. The van der Waals surface area contributed by atoms with Crippen molar-refractivity contribution in [3.63, 3.8) is 0 Å². The number of sulfonamides is 1. The zero-order chi connectivity index (χ0) is 15.0. The van der Waals surface area contributed by atoms with Gasteiger partial charge in [0.1, 0.15) is 0 Å². The van der Waals surface area contributed by atoms with E-state index in [0.29, 0.717) is 10.2 Å². The van der Waals surface area contributed by atoms with Crippen LogP contribution in [0.25, 0.3) is 0 Å². The third-order valence-electron chi connectivity index (χ3n) is 3.27. The Kier molecular flexibility index (Phi) is 3.98. The molecule has 1 aliphatic rings. The monoisotopic (exact) mass is 430 g/mol. The molecule has 110 valence electrons. The Labute approximate surface area is 140 Å². The number of fused-ring (bicyclic) bond motifs is 1. The number of halogens is 2. The van der Waals surface area contributed by atoms with Gasteiger partial charge in [0.15, 0.2) is 0 Å². The van der Waals surface area contributed by atoms with E-state index in [9.17, 15) is 8.42 Å². The lowest BCUT2D eigenvalue weighted by Crippen LogP contribution is -2.13. The lowest BCUT2D eigenvalue weighted by Gasteiger charge is -2.11. The molecule has 2 aromatic carbocycles. The lowest BCUT2D eigenvalue weighted by atomic mass is 10.2. The Morgan fingerprint density at radius 2 is 1.90 bits per heavy atom. The molecule has 0 aliphatic carbocycles. The van der Waals surface area contributed by atoms with Gasteiger partial charge in [0.2, 0.25) is 0 Å². The van der Waals surface area contributed by atoms with Crippen molar-refractivity contribution in [2.24, 2.45) is 0 Å². The molecule has 0 saturated heterocycles. The van der Waals surface area contributed by atoms with Crippen LogP contribution in [0, 0.1) is 0 Å². The Morgan fingerprint density at radius 3 is 2.67 bits per heavy atom. The molecule has 0 saturated carbocycles. The summed E-state index contributed by atoms with van der Waals surface area (Å²) in [6.45, 7) is 0.852. The SMILES string of the molecule is O=S(=O)(Nc1ccc(Br)cc1Br)c1ccc2c(c1)CCN2. The van der Waals surface area contributed by atoms with E-state index >= 15 is 0 Å². The van der Waals surface area contributed by atoms with E-state index in [2.05, 4.69) is 41.9 Å². The van der Waals surface area contributed by atoms with Gasteiger partial charge in [-0.05, 0) is 64.3 Å². The van der Waals surface area contributed by atoms with Gasteiger partial charge in [-0.3, -0.25) is 4.72 Å². The second kappa shape index (κ2) is 5.62. The van der Waals surface area contributed by atoms with Crippen molar-refractivity contribution < 1.29 is 8.42 Å². The van der Waals surface area contributed by atoms with Crippen molar-refractivity contribution in [3.05, 3.63) is 50.9 Å². The van der Waals surface area contributed by atoms with E-state index < -0.39 is 10.0 Å². The topological polar surface area (TPSA) is 58.2 Å². The number of nitrogens with one attached hydrogen (secondary N) is 2. The largest absolute Gasteiger partial charge is 0.384 e. The highest BCUT2D eigenvalue weighted by Crippen LogP contribution is 2.30. The number of rotatable bonds is 3. The highest BCUT2D eigenvalue weighted by atomic mass is 79.9. The van der Waals surface area contributed by atoms with Crippen LogP contribution in [0.2, 0.25) is 0 Å². The van der Waals surface area contributed by atoms with E-state index in [1.807, 2.05) is 6.07 Å². The van der Waals surface area contributed by atoms with Crippen molar-refractivity contribution in [3.8, 4) is 0 Å². The van der Waals surface area contributed by atoms with Gasteiger partial charge in [0, 0.05) is 21.2 Å². The highest BCUT2D eigenvalue weighted by molar-refractivity contribution is 9.11. The van der Waals surface area contributed by atoms with Gasteiger partial charge in [-0.15, -0.1) is 0 Å². The van der Waals surface area contributed by atoms with Crippen molar-refractivity contribution >= 4 is 53.3 Å². The molecular formula is C14H12Br2N2O2S. The smallest absolute Gasteiger partial charge is 0.261 e. The second-order valence-electron chi connectivity index (χ2n) is 4.73. The predicted octanol–water partition coefficient (Wildman–Crippen LogP) is 3.98. The van der Waals surface area contributed by atoms with Crippen LogP contribution in [0.1, 0.15) is 5.56 Å². The summed E-state index contributed by atoms with van der Waals surface area (Å²) in [5, 5.41) is 3.22. The highest BCUT2D eigenvalue weighted by Gasteiger charge is 2.19. The molecule has 0 unspecified atom stereocenters. The maximum Gasteiger partial charge on any atom is 0.261 e. The molecule has 1 heterocycles. The van der Waals surface area contributed by atoms with Crippen LogP contribution in [0.5, 0.6) is 0 Å². The van der Waals surface area contributed by atoms with Gasteiger partial charge < -0.3 is 5.32 Å². The Morgan fingerprint density at radius 1 is 1.10 bits per heavy atom. The van der Waals surface area contributed by atoms with E-state index in [4.69, 9.17) is 0 Å². The maximum atomic E-state index is 12.5. The van der Waals surface area contributed by atoms with Crippen LogP contribution in [0.15, 0.2) is 50.2 Å². The van der Waals surface area contributed by atoms with Gasteiger partial charge in [-0.25, -0.2) is 8.42 Å². The molecule has 2 N–H and O–H groups in total. The fourth-order valence-corrected chi connectivity index (χ4v) is 4.63. The first-order valence-electron chi connectivity index (χ1n) is 6.30. The molecule has 21 heavy (non-hydrogen) atoms. The summed E-state index contributed by atoms with van der Waals surface area (Å²) in [7, 11) is -3.59. The zero-order valence-corrected chi connectivity index (χ0v) is 14.8. The molecular weight excluding hydrogens is 420 g/mol. The number of hydrogen-bond donors (Lipinski definition) is 2. The first-order chi connectivity index (χ1) is 9.95.